The number of rotatable bonds is 8. The van der Waals surface area contributed by atoms with Crippen molar-refractivity contribution in [1.82, 2.24) is 15.1 Å². The van der Waals surface area contributed by atoms with E-state index in [1.807, 2.05) is 24.3 Å². The molecule has 5 rings (SSSR count). The second-order valence-corrected chi connectivity index (χ2v) is 11.1. The third-order valence-electron chi connectivity index (χ3n) is 7.30. The molecular formula is C29H33ClFN3O4. The van der Waals surface area contributed by atoms with Crippen molar-refractivity contribution in [2.45, 2.75) is 45.6 Å². The van der Waals surface area contributed by atoms with Crippen LogP contribution in [0.4, 0.5) is 4.39 Å². The molecule has 3 heterocycles. The Labute approximate surface area is 226 Å². The first-order valence-electron chi connectivity index (χ1n) is 13.2. The van der Waals surface area contributed by atoms with Crippen molar-refractivity contribution in [3.8, 4) is 11.5 Å². The molecule has 9 heteroatoms. The van der Waals surface area contributed by atoms with E-state index in [9.17, 15) is 9.90 Å². The highest BCUT2D eigenvalue weighted by Gasteiger charge is 2.25. The number of H-pyrrole nitrogens is 1. The number of hydrogen-bond donors (Lipinski definition) is 2. The molecule has 2 aliphatic heterocycles. The third-order valence-corrected chi connectivity index (χ3v) is 7.59. The summed E-state index contributed by atoms with van der Waals surface area (Å²) in [6.45, 7) is 6.78. The van der Waals surface area contributed by atoms with Crippen molar-refractivity contribution in [3.05, 3.63) is 58.0 Å². The molecule has 1 fully saturated rings. The smallest absolute Gasteiger partial charge is 0.306 e. The fraction of sp³-hybridized carbons (Fsp3) is 0.448. The molecule has 2 N–H and O–H groups in total. The summed E-state index contributed by atoms with van der Waals surface area (Å²) in [7, 11) is 0. The van der Waals surface area contributed by atoms with Gasteiger partial charge >= 0.3 is 5.97 Å². The van der Waals surface area contributed by atoms with E-state index >= 15 is 4.39 Å². The maximum atomic E-state index is 15.3. The standard InChI is InChI=1S/C29H33ClFN3O4/c1-17(2)10-26(20-5-6-25-23(12-20)28(30)33-32-25)38-21-13-24(31)22-11-18(16-37-27(22)14-21)15-34-8-3-4-19(7-9-34)29(35)36/h5-6,11-14,17,19,26H,3-4,7-10,15-16H2,1-2H3,(H,32,33)(H,35,36). The van der Waals surface area contributed by atoms with Crippen molar-refractivity contribution >= 4 is 34.5 Å². The van der Waals surface area contributed by atoms with E-state index in [2.05, 4.69) is 28.9 Å². The van der Waals surface area contributed by atoms with E-state index in [4.69, 9.17) is 21.1 Å². The van der Waals surface area contributed by atoms with Gasteiger partial charge in [-0.2, -0.15) is 5.10 Å². The lowest BCUT2D eigenvalue weighted by atomic mass is 9.98. The molecule has 0 spiro atoms. The molecule has 38 heavy (non-hydrogen) atoms. The third kappa shape index (κ3) is 5.97. The Balaban J connectivity index is 1.33. The van der Waals surface area contributed by atoms with Gasteiger partial charge in [-0.1, -0.05) is 31.5 Å². The van der Waals surface area contributed by atoms with Gasteiger partial charge in [0.25, 0.3) is 0 Å². The number of aromatic amines is 1. The van der Waals surface area contributed by atoms with Gasteiger partial charge in [-0.3, -0.25) is 14.8 Å². The van der Waals surface area contributed by atoms with Gasteiger partial charge in [0, 0.05) is 24.1 Å². The molecule has 3 aromatic rings. The van der Waals surface area contributed by atoms with E-state index in [-0.39, 0.29) is 12.0 Å². The zero-order chi connectivity index (χ0) is 26.8. The monoisotopic (exact) mass is 541 g/mol. The molecule has 0 amide bonds. The number of ether oxygens (including phenoxy) is 2. The summed E-state index contributed by atoms with van der Waals surface area (Å²) in [6.07, 6.45) is 4.47. The Kier molecular flexibility index (Phi) is 7.91. The Bertz CT molecular complexity index is 1360. The molecule has 1 saturated heterocycles. The molecule has 2 aromatic carbocycles. The van der Waals surface area contributed by atoms with Crippen LogP contribution in [0, 0.1) is 17.7 Å². The van der Waals surface area contributed by atoms with Crippen LogP contribution in [-0.2, 0) is 4.79 Å². The molecule has 0 aliphatic carbocycles. The molecule has 2 aliphatic rings. The lowest BCUT2D eigenvalue weighted by molar-refractivity contribution is -0.142. The molecule has 0 saturated carbocycles. The highest BCUT2D eigenvalue weighted by Crippen LogP contribution is 2.37. The zero-order valence-electron chi connectivity index (χ0n) is 21.7. The van der Waals surface area contributed by atoms with Gasteiger partial charge in [0.1, 0.15) is 30.0 Å². The van der Waals surface area contributed by atoms with Crippen molar-refractivity contribution in [3.63, 3.8) is 0 Å². The zero-order valence-corrected chi connectivity index (χ0v) is 22.4. The summed E-state index contributed by atoms with van der Waals surface area (Å²) in [5.41, 5.74) is 3.18. The van der Waals surface area contributed by atoms with E-state index in [0.717, 1.165) is 41.4 Å². The van der Waals surface area contributed by atoms with E-state index < -0.39 is 11.8 Å². The fourth-order valence-electron chi connectivity index (χ4n) is 5.30. The molecule has 7 nitrogen and oxygen atoms in total. The van der Waals surface area contributed by atoms with Crippen LogP contribution in [0.5, 0.6) is 11.5 Å². The number of hydrogen-bond acceptors (Lipinski definition) is 5. The van der Waals surface area contributed by atoms with Crippen molar-refractivity contribution in [2.24, 2.45) is 11.8 Å². The van der Waals surface area contributed by atoms with Gasteiger partial charge in [0.05, 0.1) is 17.0 Å². The summed E-state index contributed by atoms with van der Waals surface area (Å²) in [5, 5.41) is 17.5. The molecule has 0 radical (unpaired) electrons. The minimum absolute atomic E-state index is 0.286. The SMILES string of the molecule is CC(C)CC(Oc1cc(F)c2c(c1)OCC(CN1CCCC(C(=O)O)CC1)=C2)c1ccc2[nH]nc(Cl)c2c1. The number of nitrogens with one attached hydrogen (secondary N) is 1. The van der Waals surface area contributed by atoms with Crippen molar-refractivity contribution in [1.29, 1.82) is 0 Å². The Hall–Kier alpha value is -3.10. The molecule has 2 atom stereocenters. The number of halogens is 2. The van der Waals surface area contributed by atoms with Crippen molar-refractivity contribution in [2.75, 3.05) is 26.2 Å². The second kappa shape index (κ2) is 11.3. The number of carboxylic acid groups (broad SMARTS) is 1. The summed E-state index contributed by atoms with van der Waals surface area (Å²) >= 11 is 6.23. The summed E-state index contributed by atoms with van der Waals surface area (Å²) in [5.74, 6) is -0.178. The van der Waals surface area contributed by atoms with Crippen LogP contribution in [0.15, 0.2) is 35.9 Å². The predicted octanol–water partition coefficient (Wildman–Crippen LogP) is 6.48. The maximum Gasteiger partial charge on any atom is 0.306 e. The van der Waals surface area contributed by atoms with Crippen LogP contribution < -0.4 is 9.47 Å². The molecule has 0 bridgehead atoms. The quantitative estimate of drug-likeness (QED) is 0.339. The summed E-state index contributed by atoms with van der Waals surface area (Å²) in [4.78, 5) is 13.6. The normalized spacial score (nSPS) is 19.0. The lowest BCUT2D eigenvalue weighted by Crippen LogP contribution is -2.29. The average molecular weight is 542 g/mol. The van der Waals surface area contributed by atoms with E-state index in [1.54, 1.807) is 6.07 Å². The number of nitrogens with zero attached hydrogens (tertiary/aromatic N) is 2. The number of benzene rings is 2. The average Bonchev–Trinajstić information content (AvgIpc) is 3.08. The lowest BCUT2D eigenvalue weighted by Gasteiger charge is -2.26. The first kappa shape index (κ1) is 26.5. The number of aromatic nitrogens is 2. The molecule has 2 unspecified atom stereocenters. The first-order valence-corrected chi connectivity index (χ1v) is 13.6. The molecule has 202 valence electrons. The van der Waals surface area contributed by atoms with Crippen LogP contribution in [0.2, 0.25) is 5.15 Å². The topological polar surface area (TPSA) is 87.7 Å². The fourth-order valence-corrected chi connectivity index (χ4v) is 5.50. The van der Waals surface area contributed by atoms with Crippen molar-refractivity contribution < 1.29 is 23.8 Å². The Morgan fingerprint density at radius 2 is 2.13 bits per heavy atom. The van der Waals surface area contributed by atoms with Gasteiger partial charge in [-0.05, 0) is 74.0 Å². The first-order chi connectivity index (χ1) is 18.3. The largest absolute Gasteiger partial charge is 0.488 e. The maximum absolute atomic E-state index is 15.3. The summed E-state index contributed by atoms with van der Waals surface area (Å²) < 4.78 is 27.6. The van der Waals surface area contributed by atoms with E-state index in [1.165, 1.54) is 6.07 Å². The highest BCUT2D eigenvalue weighted by atomic mass is 35.5. The molecule has 1 aromatic heterocycles. The van der Waals surface area contributed by atoms with E-state index in [0.29, 0.717) is 60.7 Å². The van der Waals surface area contributed by atoms with Crippen LogP contribution >= 0.6 is 11.6 Å². The Morgan fingerprint density at radius 3 is 2.92 bits per heavy atom. The minimum atomic E-state index is -0.720. The van der Waals surface area contributed by atoms with Crippen LogP contribution in [0.25, 0.3) is 17.0 Å². The number of carboxylic acids is 1. The molecular weight excluding hydrogens is 509 g/mol. The number of carbonyl (C=O) groups is 1. The second-order valence-electron chi connectivity index (χ2n) is 10.7. The van der Waals surface area contributed by atoms with Gasteiger partial charge in [-0.15, -0.1) is 0 Å². The van der Waals surface area contributed by atoms with Crippen LogP contribution in [0.1, 0.15) is 56.8 Å². The minimum Gasteiger partial charge on any atom is -0.488 e. The van der Waals surface area contributed by atoms with Crippen LogP contribution in [-0.4, -0.2) is 52.4 Å². The number of fused-ring (bicyclic) bond motifs is 2. The predicted molar refractivity (Wildman–Crippen MR) is 145 cm³/mol. The number of likely N-dealkylation sites (tertiary alicyclic amines) is 1. The van der Waals surface area contributed by atoms with Gasteiger partial charge in [0.2, 0.25) is 0 Å². The Morgan fingerprint density at radius 1 is 1.29 bits per heavy atom. The summed E-state index contributed by atoms with van der Waals surface area (Å²) in [6, 6.07) is 9.05. The highest BCUT2D eigenvalue weighted by molar-refractivity contribution is 6.34. The van der Waals surface area contributed by atoms with Gasteiger partial charge in [0.15, 0.2) is 5.15 Å². The van der Waals surface area contributed by atoms with Gasteiger partial charge in [-0.25, -0.2) is 4.39 Å². The van der Waals surface area contributed by atoms with Crippen LogP contribution in [0.3, 0.4) is 0 Å². The van der Waals surface area contributed by atoms with Gasteiger partial charge < -0.3 is 14.6 Å². The number of aliphatic carboxylic acids is 1.